The molecule has 1 atom stereocenters. The van der Waals surface area contributed by atoms with Gasteiger partial charge in [0.05, 0.1) is 0 Å². The van der Waals surface area contributed by atoms with E-state index in [1.54, 1.807) is 0 Å². The second-order valence-corrected chi connectivity index (χ2v) is 8.48. The first-order valence-electron chi connectivity index (χ1n) is 10.6. The number of urea groups is 1. The number of aromatic nitrogens is 3. The molecule has 1 aromatic heterocycles. The molecule has 1 aromatic carbocycles. The lowest BCUT2D eigenvalue weighted by atomic mass is 9.67. The summed E-state index contributed by atoms with van der Waals surface area (Å²) in [6.07, 6.45) is 9.03. The Morgan fingerprint density at radius 1 is 1.25 bits per heavy atom. The third-order valence-corrected chi connectivity index (χ3v) is 6.59. The molecule has 6 nitrogen and oxygen atoms in total. The van der Waals surface area contributed by atoms with Crippen molar-refractivity contribution in [2.24, 2.45) is 5.41 Å². The van der Waals surface area contributed by atoms with Crippen LogP contribution in [0.5, 0.6) is 0 Å². The maximum absolute atomic E-state index is 13.1. The summed E-state index contributed by atoms with van der Waals surface area (Å²) in [6, 6.07) is 7.95. The highest BCUT2D eigenvalue weighted by atomic mass is 16.2. The maximum atomic E-state index is 13.1. The minimum absolute atomic E-state index is 0.00306. The predicted octanol–water partition coefficient (Wildman–Crippen LogP) is 4.58. The Morgan fingerprint density at radius 3 is 2.79 bits per heavy atom. The van der Waals surface area contributed by atoms with Gasteiger partial charge in [0, 0.05) is 31.2 Å². The van der Waals surface area contributed by atoms with Gasteiger partial charge in [-0.05, 0) is 43.2 Å². The van der Waals surface area contributed by atoms with Gasteiger partial charge in [0.2, 0.25) is 0 Å². The van der Waals surface area contributed by atoms with E-state index < -0.39 is 0 Å². The van der Waals surface area contributed by atoms with Gasteiger partial charge in [-0.2, -0.15) is 0 Å². The Labute approximate surface area is 167 Å². The van der Waals surface area contributed by atoms with Crippen LogP contribution in [0, 0.1) is 12.3 Å². The molecule has 1 aliphatic heterocycles. The molecule has 1 saturated heterocycles. The van der Waals surface area contributed by atoms with E-state index in [1.165, 1.54) is 32.1 Å². The first-order chi connectivity index (χ1) is 13.6. The zero-order valence-electron chi connectivity index (χ0n) is 17.0. The number of benzene rings is 1. The second-order valence-electron chi connectivity index (χ2n) is 8.48. The third-order valence-electron chi connectivity index (χ3n) is 6.59. The van der Waals surface area contributed by atoms with Crippen molar-refractivity contribution in [1.29, 1.82) is 0 Å². The van der Waals surface area contributed by atoms with E-state index in [0.29, 0.717) is 0 Å². The minimum atomic E-state index is 0.00306. The van der Waals surface area contributed by atoms with Crippen LogP contribution in [0.3, 0.4) is 0 Å². The van der Waals surface area contributed by atoms with Crippen LogP contribution in [0.15, 0.2) is 30.6 Å². The van der Waals surface area contributed by atoms with Crippen LogP contribution in [0.4, 0.5) is 10.5 Å². The highest BCUT2D eigenvalue weighted by Gasteiger charge is 2.50. The molecule has 1 N–H and O–H groups in total. The summed E-state index contributed by atoms with van der Waals surface area (Å²) >= 11 is 0. The third kappa shape index (κ3) is 3.52. The van der Waals surface area contributed by atoms with Crippen LogP contribution in [-0.2, 0) is 6.54 Å². The lowest BCUT2D eigenvalue weighted by Gasteiger charge is -2.37. The van der Waals surface area contributed by atoms with Gasteiger partial charge in [-0.25, -0.2) is 4.79 Å². The molecule has 150 valence electrons. The molecule has 2 aliphatic rings. The molecule has 1 unspecified atom stereocenters. The van der Waals surface area contributed by atoms with E-state index in [9.17, 15) is 4.79 Å². The standard InChI is InChI=1S/C22H31N5O/c1-3-13-26-16-23-25-20(26)18-14-27(15-22(18)11-7-4-8-12-22)21(28)24-19-10-6-5-9-17(19)2/h5-6,9-10,16,18H,3-4,7-8,11-15H2,1-2H3,(H,24,28). The van der Waals surface area contributed by atoms with Crippen LogP contribution in [0.25, 0.3) is 0 Å². The quantitative estimate of drug-likeness (QED) is 0.843. The maximum Gasteiger partial charge on any atom is 0.321 e. The first kappa shape index (κ1) is 19.0. The molecule has 2 aromatic rings. The zero-order chi connectivity index (χ0) is 19.6. The number of nitrogens with zero attached hydrogens (tertiary/aromatic N) is 4. The second kappa shape index (κ2) is 7.94. The van der Waals surface area contributed by atoms with Crippen LogP contribution in [0.1, 0.15) is 62.8 Å². The predicted molar refractivity (Wildman–Crippen MR) is 110 cm³/mol. The number of nitrogens with one attached hydrogen (secondary N) is 1. The molecular weight excluding hydrogens is 350 g/mol. The molecule has 1 saturated carbocycles. The van der Waals surface area contributed by atoms with E-state index in [0.717, 1.165) is 43.1 Å². The normalized spacial score (nSPS) is 21.2. The van der Waals surface area contributed by atoms with E-state index in [-0.39, 0.29) is 17.4 Å². The lowest BCUT2D eigenvalue weighted by molar-refractivity contribution is 0.167. The fourth-order valence-corrected chi connectivity index (χ4v) is 5.10. The van der Waals surface area contributed by atoms with E-state index in [4.69, 9.17) is 0 Å². The SMILES string of the molecule is CCCn1cnnc1C1CN(C(=O)Nc2ccccc2C)CC12CCCCC2. The van der Waals surface area contributed by atoms with Gasteiger partial charge in [0.15, 0.2) is 0 Å². The summed E-state index contributed by atoms with van der Waals surface area (Å²) in [7, 11) is 0. The average Bonchev–Trinajstić information content (AvgIpc) is 3.29. The summed E-state index contributed by atoms with van der Waals surface area (Å²) in [4.78, 5) is 15.1. The van der Waals surface area contributed by atoms with Crippen molar-refractivity contribution in [2.45, 2.75) is 64.8 Å². The van der Waals surface area contributed by atoms with Gasteiger partial charge in [-0.3, -0.25) is 0 Å². The topological polar surface area (TPSA) is 63.1 Å². The van der Waals surface area contributed by atoms with Crippen LogP contribution in [0.2, 0.25) is 0 Å². The molecular formula is C22H31N5O. The number of carbonyl (C=O) groups is 1. The summed E-state index contributed by atoms with van der Waals surface area (Å²) in [5.74, 6) is 1.33. The molecule has 1 spiro atoms. The first-order valence-corrected chi connectivity index (χ1v) is 10.6. The fraction of sp³-hybridized carbons (Fsp3) is 0.591. The minimum Gasteiger partial charge on any atom is -0.323 e. The summed E-state index contributed by atoms with van der Waals surface area (Å²) < 4.78 is 2.20. The zero-order valence-corrected chi connectivity index (χ0v) is 17.0. The molecule has 0 bridgehead atoms. The van der Waals surface area contributed by atoms with Gasteiger partial charge in [0.25, 0.3) is 0 Å². The Hall–Kier alpha value is -2.37. The number of hydrogen-bond donors (Lipinski definition) is 1. The van der Waals surface area contributed by atoms with Gasteiger partial charge in [-0.1, -0.05) is 44.4 Å². The molecule has 28 heavy (non-hydrogen) atoms. The smallest absolute Gasteiger partial charge is 0.321 e. The van der Waals surface area contributed by atoms with Crippen molar-refractivity contribution >= 4 is 11.7 Å². The highest BCUT2D eigenvalue weighted by Crippen LogP contribution is 2.51. The summed E-state index contributed by atoms with van der Waals surface area (Å²) in [6.45, 7) is 6.67. The Bertz CT molecular complexity index is 824. The molecule has 2 heterocycles. The van der Waals surface area contributed by atoms with Crippen molar-refractivity contribution in [1.82, 2.24) is 19.7 Å². The number of likely N-dealkylation sites (tertiary alicyclic amines) is 1. The molecule has 4 rings (SSSR count). The van der Waals surface area contributed by atoms with Crippen LogP contribution in [-0.4, -0.2) is 38.8 Å². The average molecular weight is 382 g/mol. The Kier molecular flexibility index (Phi) is 5.38. The van der Waals surface area contributed by atoms with E-state index in [2.05, 4.69) is 27.0 Å². The van der Waals surface area contributed by atoms with E-state index in [1.807, 2.05) is 42.4 Å². The molecule has 0 radical (unpaired) electrons. The molecule has 2 fully saturated rings. The fourth-order valence-electron chi connectivity index (χ4n) is 5.10. The number of hydrogen-bond acceptors (Lipinski definition) is 3. The lowest BCUT2D eigenvalue weighted by Crippen LogP contribution is -2.36. The number of anilines is 1. The Morgan fingerprint density at radius 2 is 2.04 bits per heavy atom. The van der Waals surface area contributed by atoms with E-state index >= 15 is 0 Å². The summed E-state index contributed by atoms with van der Waals surface area (Å²) in [5.41, 5.74) is 2.12. The summed E-state index contributed by atoms with van der Waals surface area (Å²) in [5, 5.41) is 11.8. The monoisotopic (exact) mass is 381 g/mol. The van der Waals surface area contributed by atoms with Crippen LogP contribution >= 0.6 is 0 Å². The highest BCUT2D eigenvalue weighted by molar-refractivity contribution is 5.90. The number of carbonyl (C=O) groups excluding carboxylic acids is 1. The molecule has 1 aliphatic carbocycles. The number of rotatable bonds is 4. The van der Waals surface area contributed by atoms with Gasteiger partial charge in [0.1, 0.15) is 12.2 Å². The van der Waals surface area contributed by atoms with Crippen molar-refractivity contribution in [2.75, 3.05) is 18.4 Å². The van der Waals surface area contributed by atoms with Crippen molar-refractivity contribution < 1.29 is 4.79 Å². The van der Waals surface area contributed by atoms with Gasteiger partial charge in [-0.15, -0.1) is 10.2 Å². The van der Waals surface area contributed by atoms with Gasteiger partial charge < -0.3 is 14.8 Å². The number of amides is 2. The number of para-hydroxylation sites is 1. The van der Waals surface area contributed by atoms with Crippen LogP contribution < -0.4 is 5.32 Å². The molecule has 6 heteroatoms. The van der Waals surface area contributed by atoms with Crippen molar-refractivity contribution in [3.05, 3.63) is 42.0 Å². The van der Waals surface area contributed by atoms with Crippen molar-refractivity contribution in [3.63, 3.8) is 0 Å². The van der Waals surface area contributed by atoms with Gasteiger partial charge >= 0.3 is 6.03 Å². The number of aryl methyl sites for hydroxylation is 2. The van der Waals surface area contributed by atoms with Crippen molar-refractivity contribution in [3.8, 4) is 0 Å². The molecule has 2 amide bonds. The Balaban J connectivity index is 1.58. The largest absolute Gasteiger partial charge is 0.323 e.